The molecule has 0 radical (unpaired) electrons. The van der Waals surface area contributed by atoms with Crippen molar-refractivity contribution in [2.75, 3.05) is 20.1 Å². The third-order valence-corrected chi connectivity index (χ3v) is 5.71. The summed E-state index contributed by atoms with van der Waals surface area (Å²) in [5, 5.41) is 0. The fourth-order valence-corrected chi connectivity index (χ4v) is 4.05. The van der Waals surface area contributed by atoms with Crippen molar-refractivity contribution in [2.45, 2.75) is 52.5 Å². The van der Waals surface area contributed by atoms with Gasteiger partial charge in [0.15, 0.2) is 5.84 Å². The standard InChI is InChI=1S/C25H35F2N5/c1-5-21(30-15-19-10-6-7-11-22(19)27)14-23(28)24(29-3)31-16-20(26)17-32(4)18-25(2)12-8-9-13-25/h6-7,10-11,14,16H,3,5,8-9,12-13,15,17-18,28H2,1-2,4H3/b20-16+,23-14?,30-21?,31-24?. The maximum Gasteiger partial charge on any atom is 0.174 e. The van der Waals surface area contributed by atoms with Crippen molar-refractivity contribution in [1.29, 1.82) is 0 Å². The Kier molecular flexibility index (Phi) is 9.91. The average molecular weight is 444 g/mol. The predicted molar refractivity (Wildman–Crippen MR) is 130 cm³/mol. The van der Waals surface area contributed by atoms with E-state index in [9.17, 15) is 8.78 Å². The zero-order valence-corrected chi connectivity index (χ0v) is 19.5. The van der Waals surface area contributed by atoms with Gasteiger partial charge in [-0.2, -0.15) is 0 Å². The molecule has 1 fully saturated rings. The zero-order chi connectivity index (χ0) is 23.6. The molecular weight excluding hydrogens is 408 g/mol. The number of likely N-dealkylation sites (N-methyl/N-ethyl adjacent to an activating group) is 1. The normalized spacial score (nSPS) is 17.8. The quantitative estimate of drug-likeness (QED) is 0.386. The summed E-state index contributed by atoms with van der Waals surface area (Å²) in [6.07, 6.45) is 8.21. The Bertz CT molecular complexity index is 895. The summed E-state index contributed by atoms with van der Waals surface area (Å²) in [7, 11) is 1.92. The van der Waals surface area contributed by atoms with Crippen molar-refractivity contribution >= 4 is 18.3 Å². The van der Waals surface area contributed by atoms with Crippen LogP contribution in [0.25, 0.3) is 0 Å². The van der Waals surface area contributed by atoms with Crippen LogP contribution in [0.15, 0.2) is 63.0 Å². The Morgan fingerprint density at radius 2 is 1.97 bits per heavy atom. The highest BCUT2D eigenvalue weighted by molar-refractivity contribution is 6.07. The summed E-state index contributed by atoms with van der Waals surface area (Å²) in [5.41, 5.74) is 7.75. The molecule has 1 aromatic rings. The van der Waals surface area contributed by atoms with Crippen molar-refractivity contribution in [2.24, 2.45) is 26.1 Å². The van der Waals surface area contributed by atoms with Gasteiger partial charge in [-0.25, -0.2) is 18.8 Å². The molecule has 1 saturated carbocycles. The molecule has 0 saturated heterocycles. The summed E-state index contributed by atoms with van der Waals surface area (Å²) < 4.78 is 28.2. The van der Waals surface area contributed by atoms with Gasteiger partial charge in [0.1, 0.15) is 11.6 Å². The first-order valence-corrected chi connectivity index (χ1v) is 11.1. The van der Waals surface area contributed by atoms with Crippen molar-refractivity contribution < 1.29 is 8.78 Å². The minimum Gasteiger partial charge on any atom is -0.396 e. The van der Waals surface area contributed by atoms with Crippen LogP contribution in [0.2, 0.25) is 0 Å². The van der Waals surface area contributed by atoms with Crippen LogP contribution >= 0.6 is 0 Å². The molecule has 1 aliphatic carbocycles. The van der Waals surface area contributed by atoms with Crippen LogP contribution in [-0.2, 0) is 6.54 Å². The zero-order valence-electron chi connectivity index (χ0n) is 19.5. The Morgan fingerprint density at radius 1 is 1.28 bits per heavy atom. The molecule has 1 aliphatic rings. The highest BCUT2D eigenvalue weighted by Gasteiger charge is 2.29. The second-order valence-corrected chi connectivity index (χ2v) is 8.73. The van der Waals surface area contributed by atoms with Crippen LogP contribution in [0.1, 0.15) is 51.5 Å². The number of benzene rings is 1. The molecular formula is C25H35F2N5. The highest BCUT2D eigenvalue weighted by Crippen LogP contribution is 2.37. The minimum atomic E-state index is -0.369. The molecule has 2 N–H and O–H groups in total. The van der Waals surface area contributed by atoms with Gasteiger partial charge < -0.3 is 5.73 Å². The minimum absolute atomic E-state index is 0.123. The van der Waals surface area contributed by atoms with Crippen LogP contribution in [0, 0.1) is 11.2 Å². The lowest BCUT2D eigenvalue weighted by Crippen LogP contribution is -2.32. The topological polar surface area (TPSA) is 66.3 Å². The lowest BCUT2D eigenvalue weighted by atomic mass is 9.88. The number of hydrogen-bond donors (Lipinski definition) is 1. The number of nitrogens with zero attached hydrogens (tertiary/aromatic N) is 4. The monoisotopic (exact) mass is 443 g/mol. The number of nitrogens with two attached hydrogens (primary N) is 1. The Hall–Kier alpha value is -2.67. The van der Waals surface area contributed by atoms with E-state index in [1.54, 1.807) is 24.3 Å². The highest BCUT2D eigenvalue weighted by atomic mass is 19.1. The third kappa shape index (κ3) is 8.11. The first kappa shape index (κ1) is 25.6. The number of halogens is 2. The average Bonchev–Trinajstić information content (AvgIpc) is 3.17. The van der Waals surface area contributed by atoms with Crippen LogP contribution < -0.4 is 5.73 Å². The van der Waals surface area contributed by atoms with E-state index in [0.29, 0.717) is 17.7 Å². The van der Waals surface area contributed by atoms with Gasteiger partial charge >= 0.3 is 0 Å². The molecule has 32 heavy (non-hydrogen) atoms. The molecule has 0 unspecified atom stereocenters. The lowest BCUT2D eigenvalue weighted by Gasteiger charge is -2.29. The molecule has 0 atom stereocenters. The maximum atomic E-state index is 14.4. The summed E-state index contributed by atoms with van der Waals surface area (Å²) in [6.45, 7) is 8.90. The summed E-state index contributed by atoms with van der Waals surface area (Å²) in [6, 6.07) is 6.50. The van der Waals surface area contributed by atoms with Gasteiger partial charge in [-0.05, 0) is 50.6 Å². The second kappa shape index (κ2) is 12.4. The van der Waals surface area contributed by atoms with E-state index in [4.69, 9.17) is 5.73 Å². The van der Waals surface area contributed by atoms with E-state index in [1.807, 2.05) is 18.9 Å². The van der Waals surface area contributed by atoms with Gasteiger partial charge in [-0.15, -0.1) is 0 Å². The molecule has 0 aromatic heterocycles. The van der Waals surface area contributed by atoms with Crippen molar-refractivity contribution in [1.82, 2.24) is 4.90 Å². The fraction of sp³-hybridized carbons (Fsp3) is 0.480. The fourth-order valence-electron chi connectivity index (χ4n) is 4.05. The number of allylic oxidation sites excluding steroid dienone is 1. The van der Waals surface area contributed by atoms with Gasteiger partial charge in [0.2, 0.25) is 0 Å². The van der Waals surface area contributed by atoms with Crippen molar-refractivity contribution in [3.63, 3.8) is 0 Å². The summed E-state index contributed by atoms with van der Waals surface area (Å²) in [4.78, 5) is 14.3. The van der Waals surface area contributed by atoms with E-state index in [1.165, 1.54) is 31.7 Å². The molecule has 0 heterocycles. The lowest BCUT2D eigenvalue weighted by molar-refractivity contribution is 0.200. The number of hydrogen-bond acceptors (Lipinski definition) is 4. The third-order valence-electron chi connectivity index (χ3n) is 5.71. The molecule has 7 heteroatoms. The van der Waals surface area contributed by atoms with Crippen LogP contribution in [0.3, 0.4) is 0 Å². The SMILES string of the molecule is C=NC(=N/C=C(/F)CN(C)CC1(C)CCCC1)C(N)=CC(CC)=NCc1ccccc1F. The van der Waals surface area contributed by atoms with Crippen molar-refractivity contribution in [3.8, 4) is 0 Å². The molecule has 0 amide bonds. The molecule has 1 aromatic carbocycles. The van der Waals surface area contributed by atoms with E-state index < -0.39 is 0 Å². The van der Waals surface area contributed by atoms with E-state index in [0.717, 1.165) is 12.7 Å². The maximum absolute atomic E-state index is 14.4. The molecule has 0 spiro atoms. The predicted octanol–water partition coefficient (Wildman–Crippen LogP) is 5.44. The Labute approximate surface area is 190 Å². The first-order chi connectivity index (χ1) is 15.3. The Morgan fingerprint density at radius 3 is 2.59 bits per heavy atom. The van der Waals surface area contributed by atoms with Crippen LogP contribution in [0.5, 0.6) is 0 Å². The molecule has 5 nitrogen and oxygen atoms in total. The van der Waals surface area contributed by atoms with Gasteiger partial charge in [-0.3, -0.25) is 9.89 Å². The smallest absolute Gasteiger partial charge is 0.174 e. The summed E-state index contributed by atoms with van der Waals surface area (Å²) >= 11 is 0. The molecule has 0 bridgehead atoms. The van der Waals surface area contributed by atoms with E-state index >= 15 is 0 Å². The number of amidine groups is 1. The largest absolute Gasteiger partial charge is 0.396 e. The number of aliphatic imine (C=N–C) groups is 3. The van der Waals surface area contributed by atoms with Gasteiger partial charge in [0.25, 0.3) is 0 Å². The van der Waals surface area contributed by atoms with E-state index in [2.05, 4.69) is 28.6 Å². The molecule has 2 rings (SSSR count). The van der Waals surface area contributed by atoms with Gasteiger partial charge in [-0.1, -0.05) is 44.9 Å². The van der Waals surface area contributed by atoms with Crippen LogP contribution in [0.4, 0.5) is 8.78 Å². The van der Waals surface area contributed by atoms with Crippen LogP contribution in [-0.4, -0.2) is 43.3 Å². The molecule has 0 aliphatic heterocycles. The van der Waals surface area contributed by atoms with E-state index in [-0.39, 0.29) is 41.7 Å². The Balaban J connectivity index is 2.04. The number of rotatable bonds is 10. The summed E-state index contributed by atoms with van der Waals surface area (Å²) in [5.74, 6) is -0.546. The molecule has 174 valence electrons. The van der Waals surface area contributed by atoms with Crippen molar-refractivity contribution in [3.05, 3.63) is 59.4 Å². The van der Waals surface area contributed by atoms with Gasteiger partial charge in [0, 0.05) is 17.8 Å². The first-order valence-electron chi connectivity index (χ1n) is 11.1. The second-order valence-electron chi connectivity index (χ2n) is 8.73. The van der Waals surface area contributed by atoms with Gasteiger partial charge in [0.05, 0.1) is 25.0 Å².